The Kier molecular flexibility index (Phi) is 13.6. The van der Waals surface area contributed by atoms with E-state index in [2.05, 4.69) is 13.8 Å². The van der Waals surface area contributed by atoms with Gasteiger partial charge in [0.05, 0.1) is 9.52 Å². The molecule has 0 aliphatic rings. The molecule has 0 aromatic heterocycles. The topological polar surface area (TPSA) is 0 Å². The third-order valence-corrected chi connectivity index (χ3v) is 5.30. The Morgan fingerprint density at radius 3 is 1.69 bits per heavy atom. The molecule has 0 nitrogen and oxygen atoms in total. The number of thiocarbonyl (C=S) groups is 1. The van der Waals surface area contributed by atoms with E-state index < -0.39 is 0 Å². The highest BCUT2D eigenvalue weighted by molar-refractivity contribution is 7.83. The summed E-state index contributed by atoms with van der Waals surface area (Å²) in [6.45, 7) is 4.41. The van der Waals surface area contributed by atoms with Gasteiger partial charge in [-0.15, -0.1) is 0 Å². The molecule has 0 aromatic rings. The average molecular weight is 259 g/mol. The molecule has 0 rings (SSSR count). The van der Waals surface area contributed by atoms with Crippen molar-refractivity contribution in [1.82, 2.24) is 0 Å². The van der Waals surface area contributed by atoms with E-state index in [9.17, 15) is 0 Å². The fourth-order valence-corrected chi connectivity index (χ4v) is 3.57. The lowest BCUT2D eigenvalue weighted by Gasteiger charge is -2.02. The number of hydrogen-bond acceptors (Lipinski definition) is 1. The van der Waals surface area contributed by atoms with Gasteiger partial charge in [0.1, 0.15) is 0 Å². The Labute approximate surface area is 110 Å². The van der Waals surface area contributed by atoms with Crippen LogP contribution in [0, 0.1) is 0 Å². The second-order valence-electron chi connectivity index (χ2n) is 4.99. The average Bonchev–Trinajstić information content (AvgIpc) is 2.25. The summed E-state index contributed by atoms with van der Waals surface area (Å²) in [7, 11) is 0.0240. The van der Waals surface area contributed by atoms with Gasteiger partial charge in [0.25, 0.3) is 0 Å². The molecule has 2 heteroatoms. The SMILES string of the molecule is CCCCCCCCCCCC[SiH2]C(C)=S. The van der Waals surface area contributed by atoms with Crippen LogP contribution in [-0.2, 0) is 0 Å². The van der Waals surface area contributed by atoms with Crippen molar-refractivity contribution in [1.29, 1.82) is 0 Å². The van der Waals surface area contributed by atoms with Crippen molar-refractivity contribution in [2.24, 2.45) is 0 Å². The summed E-state index contributed by atoms with van der Waals surface area (Å²) >= 11 is 5.13. The highest BCUT2D eigenvalue weighted by Gasteiger charge is 1.94. The van der Waals surface area contributed by atoms with Gasteiger partial charge in [0, 0.05) is 0 Å². The van der Waals surface area contributed by atoms with Crippen molar-refractivity contribution < 1.29 is 0 Å². The Balaban J connectivity index is 2.90. The van der Waals surface area contributed by atoms with Crippen LogP contribution in [0.15, 0.2) is 0 Å². The van der Waals surface area contributed by atoms with Crippen molar-refractivity contribution in [2.75, 3.05) is 0 Å². The molecule has 0 atom stereocenters. The molecule has 96 valence electrons. The fourth-order valence-electron chi connectivity index (χ4n) is 2.04. The van der Waals surface area contributed by atoms with Gasteiger partial charge in [0.2, 0.25) is 0 Å². The van der Waals surface area contributed by atoms with Gasteiger partial charge in [-0.1, -0.05) is 89.4 Å². The van der Waals surface area contributed by atoms with Crippen molar-refractivity contribution in [3.05, 3.63) is 0 Å². The van der Waals surface area contributed by atoms with Crippen LogP contribution in [0.1, 0.15) is 78.1 Å². The summed E-state index contributed by atoms with van der Waals surface area (Å²) in [4.78, 5) is 0. The van der Waals surface area contributed by atoms with Crippen molar-refractivity contribution in [2.45, 2.75) is 84.1 Å². The Morgan fingerprint density at radius 2 is 1.25 bits per heavy atom. The maximum Gasteiger partial charge on any atom is 0.0630 e. The van der Waals surface area contributed by atoms with Crippen LogP contribution in [0.3, 0.4) is 0 Å². The highest BCUT2D eigenvalue weighted by atomic mass is 32.1. The predicted octanol–water partition coefficient (Wildman–Crippen LogP) is 4.84. The highest BCUT2D eigenvalue weighted by Crippen LogP contribution is 2.11. The molecule has 0 aliphatic heterocycles. The molecule has 0 heterocycles. The molecule has 0 aromatic carbocycles. The molecular formula is C14H30SSi. The van der Waals surface area contributed by atoms with E-state index in [4.69, 9.17) is 12.2 Å². The molecule has 0 N–H and O–H groups in total. The summed E-state index contributed by atoms with van der Waals surface area (Å²) in [6.07, 6.45) is 14.5. The van der Waals surface area contributed by atoms with Gasteiger partial charge < -0.3 is 0 Å². The molecule has 0 saturated heterocycles. The van der Waals surface area contributed by atoms with Crippen molar-refractivity contribution in [3.63, 3.8) is 0 Å². The van der Waals surface area contributed by atoms with E-state index in [-0.39, 0.29) is 9.52 Å². The normalized spacial score (nSPS) is 11.4. The second kappa shape index (κ2) is 13.4. The Morgan fingerprint density at radius 1 is 0.812 bits per heavy atom. The van der Waals surface area contributed by atoms with Crippen LogP contribution in [0.4, 0.5) is 0 Å². The summed E-state index contributed by atoms with van der Waals surface area (Å²) < 4.78 is 1.32. The van der Waals surface area contributed by atoms with Gasteiger partial charge in [-0.2, -0.15) is 0 Å². The first-order valence-corrected chi connectivity index (χ1v) is 9.38. The van der Waals surface area contributed by atoms with Crippen molar-refractivity contribution >= 4 is 26.2 Å². The van der Waals surface area contributed by atoms with Crippen LogP contribution >= 0.6 is 12.2 Å². The van der Waals surface area contributed by atoms with Gasteiger partial charge >= 0.3 is 0 Å². The molecule has 0 unspecified atom stereocenters. The van der Waals surface area contributed by atoms with Crippen LogP contribution in [0.25, 0.3) is 0 Å². The smallest absolute Gasteiger partial charge is 0.0630 e. The molecule has 0 aliphatic carbocycles. The van der Waals surface area contributed by atoms with Crippen LogP contribution in [-0.4, -0.2) is 14.0 Å². The van der Waals surface area contributed by atoms with E-state index in [1.54, 1.807) is 0 Å². The molecule has 0 bridgehead atoms. The first-order valence-electron chi connectivity index (χ1n) is 7.26. The molecule has 0 fully saturated rings. The lowest BCUT2D eigenvalue weighted by molar-refractivity contribution is 0.562. The summed E-state index contributed by atoms with van der Waals surface area (Å²) in [5.41, 5.74) is 0. The minimum atomic E-state index is 0.0240. The summed E-state index contributed by atoms with van der Waals surface area (Å²) in [5, 5.41) is 0. The molecule has 16 heavy (non-hydrogen) atoms. The van der Waals surface area contributed by atoms with E-state index >= 15 is 0 Å². The standard InChI is InChI=1S/C14H30SSi/c1-3-4-5-6-7-8-9-10-11-12-13-16-14(2)15/h3-13,16H2,1-2H3. The quantitative estimate of drug-likeness (QED) is 0.274. The lowest BCUT2D eigenvalue weighted by Crippen LogP contribution is -1.99. The van der Waals surface area contributed by atoms with Crippen LogP contribution < -0.4 is 0 Å². The van der Waals surface area contributed by atoms with Gasteiger partial charge in [-0.05, 0) is 11.4 Å². The van der Waals surface area contributed by atoms with E-state index in [1.807, 2.05) is 0 Å². The third kappa shape index (κ3) is 14.3. The van der Waals surface area contributed by atoms with E-state index in [1.165, 1.54) is 74.7 Å². The van der Waals surface area contributed by atoms with E-state index in [0.717, 1.165) is 0 Å². The summed E-state index contributed by atoms with van der Waals surface area (Å²) in [5.74, 6) is 0. The van der Waals surface area contributed by atoms with Gasteiger partial charge in [-0.25, -0.2) is 0 Å². The first kappa shape index (κ1) is 16.3. The zero-order chi connectivity index (χ0) is 12.1. The molecule has 0 radical (unpaired) electrons. The first-order chi connectivity index (χ1) is 7.77. The Bertz CT molecular complexity index is 157. The van der Waals surface area contributed by atoms with Crippen LogP contribution in [0.5, 0.6) is 0 Å². The Hall–Kier alpha value is 0.307. The molecule has 0 saturated carbocycles. The maximum absolute atomic E-state index is 5.13. The predicted molar refractivity (Wildman–Crippen MR) is 83.5 cm³/mol. The number of rotatable bonds is 12. The molecule has 0 amide bonds. The van der Waals surface area contributed by atoms with E-state index in [0.29, 0.717) is 0 Å². The zero-order valence-electron chi connectivity index (χ0n) is 11.4. The van der Waals surface area contributed by atoms with Gasteiger partial charge in [0.15, 0.2) is 0 Å². The molecule has 0 spiro atoms. The minimum Gasteiger partial charge on any atom is -0.0957 e. The van der Waals surface area contributed by atoms with Crippen LogP contribution in [0.2, 0.25) is 6.04 Å². The maximum atomic E-state index is 5.13. The number of unbranched alkanes of at least 4 members (excludes halogenated alkanes) is 9. The lowest BCUT2D eigenvalue weighted by atomic mass is 10.1. The molecular weight excluding hydrogens is 228 g/mol. The van der Waals surface area contributed by atoms with Gasteiger partial charge in [-0.3, -0.25) is 0 Å². The largest absolute Gasteiger partial charge is 0.0957 e. The van der Waals surface area contributed by atoms with Crippen molar-refractivity contribution in [3.8, 4) is 0 Å². The third-order valence-electron chi connectivity index (χ3n) is 3.13. The fraction of sp³-hybridized carbons (Fsp3) is 0.929. The second-order valence-corrected chi connectivity index (χ2v) is 8.46. The monoisotopic (exact) mass is 258 g/mol. The summed E-state index contributed by atoms with van der Waals surface area (Å²) in [6, 6.07) is 1.45. The zero-order valence-corrected chi connectivity index (χ0v) is 13.6. The minimum absolute atomic E-state index is 0.0240. The number of hydrogen-bond donors (Lipinski definition) is 0.